The van der Waals surface area contributed by atoms with Crippen LogP contribution in [0.4, 0.5) is 5.82 Å². The summed E-state index contributed by atoms with van der Waals surface area (Å²) < 4.78 is 3.25. The van der Waals surface area contributed by atoms with Crippen molar-refractivity contribution in [2.75, 3.05) is 5.73 Å². The third kappa shape index (κ3) is 6.88. The molecule has 1 amide bonds. The Balaban J connectivity index is 1.25. The Kier molecular flexibility index (Phi) is 9.45. The lowest BCUT2D eigenvalue weighted by Gasteiger charge is -2.15. The van der Waals surface area contributed by atoms with Crippen molar-refractivity contribution in [3.8, 4) is 28.8 Å². The van der Waals surface area contributed by atoms with Crippen molar-refractivity contribution < 1.29 is 9.90 Å². The number of rotatable bonds is 9. The van der Waals surface area contributed by atoms with Gasteiger partial charge in [0.1, 0.15) is 36.0 Å². The SMILES string of the molecule is Nc1ncnc2c1c(-c1ccc(O)cc1)nn2Cc1nc2cccc(C#CCCCC(=O)NC3CCCC3)c2c(=O)n1Cc1ccccc1Cl. The number of benzene rings is 3. The molecule has 3 aromatic heterocycles. The van der Waals surface area contributed by atoms with Gasteiger partial charge in [-0.05, 0) is 67.3 Å². The number of phenolic OH excluding ortho intramolecular Hbond substituents is 1. The molecule has 1 fully saturated rings. The Morgan fingerprint density at radius 3 is 2.60 bits per heavy atom. The van der Waals surface area contributed by atoms with E-state index in [1.807, 2.05) is 30.3 Å². The monoisotopic (exact) mass is 686 g/mol. The zero-order chi connectivity index (χ0) is 34.6. The zero-order valence-electron chi connectivity index (χ0n) is 27.3. The third-order valence-electron chi connectivity index (χ3n) is 8.99. The van der Waals surface area contributed by atoms with Gasteiger partial charge in [-0.15, -0.1) is 0 Å². The van der Waals surface area contributed by atoms with Crippen LogP contribution < -0.4 is 16.6 Å². The molecule has 0 spiro atoms. The molecule has 0 aliphatic heterocycles. The van der Waals surface area contributed by atoms with Crippen LogP contribution in [0.3, 0.4) is 0 Å². The number of phenols is 1. The van der Waals surface area contributed by atoms with Crippen molar-refractivity contribution in [1.29, 1.82) is 0 Å². The van der Waals surface area contributed by atoms with Gasteiger partial charge in [0.05, 0.1) is 22.8 Å². The maximum atomic E-state index is 14.5. The molecule has 12 heteroatoms. The average molecular weight is 687 g/mol. The number of hydrogen-bond donors (Lipinski definition) is 3. The molecular weight excluding hydrogens is 652 g/mol. The third-order valence-corrected chi connectivity index (χ3v) is 9.36. The number of nitrogens with two attached hydrogens (primary N) is 1. The molecule has 0 unspecified atom stereocenters. The molecule has 3 aromatic carbocycles. The van der Waals surface area contributed by atoms with E-state index < -0.39 is 0 Å². The second kappa shape index (κ2) is 14.4. The van der Waals surface area contributed by atoms with Crippen LogP contribution in [0.5, 0.6) is 5.75 Å². The van der Waals surface area contributed by atoms with Crippen molar-refractivity contribution in [2.24, 2.45) is 0 Å². The number of halogens is 1. The normalized spacial score (nSPS) is 13.1. The van der Waals surface area contributed by atoms with E-state index in [0.717, 1.165) is 18.4 Å². The first-order valence-corrected chi connectivity index (χ1v) is 17.0. The number of aromatic nitrogens is 6. The van der Waals surface area contributed by atoms with E-state index in [9.17, 15) is 14.7 Å². The van der Waals surface area contributed by atoms with Gasteiger partial charge in [0, 0.05) is 35.0 Å². The average Bonchev–Trinajstić information content (AvgIpc) is 3.76. The molecule has 0 radical (unpaired) electrons. The molecule has 1 aliphatic carbocycles. The predicted octanol–water partition coefficient (Wildman–Crippen LogP) is 5.82. The number of nitrogens with zero attached hydrogens (tertiary/aromatic N) is 6. The van der Waals surface area contributed by atoms with Gasteiger partial charge < -0.3 is 16.2 Å². The highest BCUT2D eigenvalue weighted by Crippen LogP contribution is 2.31. The molecule has 0 saturated heterocycles. The van der Waals surface area contributed by atoms with Crippen LogP contribution in [0, 0.1) is 11.8 Å². The number of amides is 1. The maximum absolute atomic E-state index is 14.5. The molecule has 1 aliphatic rings. The van der Waals surface area contributed by atoms with Gasteiger partial charge in [-0.3, -0.25) is 14.2 Å². The Bertz CT molecular complexity index is 2330. The van der Waals surface area contributed by atoms with Gasteiger partial charge in [0.25, 0.3) is 5.56 Å². The van der Waals surface area contributed by atoms with E-state index >= 15 is 0 Å². The lowest BCUT2D eigenvalue weighted by molar-refractivity contribution is -0.121. The van der Waals surface area contributed by atoms with Crippen molar-refractivity contribution in [2.45, 2.75) is 64.1 Å². The minimum absolute atomic E-state index is 0.0670. The Morgan fingerprint density at radius 1 is 1.00 bits per heavy atom. The van der Waals surface area contributed by atoms with Crippen LogP contribution in [0.25, 0.3) is 33.2 Å². The van der Waals surface area contributed by atoms with Crippen LogP contribution in [-0.2, 0) is 17.9 Å². The smallest absolute Gasteiger partial charge is 0.263 e. The standard InChI is InChI=1S/C38H35ClN8O3/c39-29-14-7-4-10-26(29)21-46-31(22-47-37-34(36(40)41-23-42-37)35(45-47)25-17-19-28(48)20-18-25)44-30-15-8-11-24(33(30)38(46)50)9-2-1-3-16-32(49)43-27-12-5-6-13-27/h4,7-8,10-11,14-15,17-20,23,27,48H,1,3,5-6,12-13,16,21-22H2,(H,43,49)(H2,40,41,42). The number of carbonyl (C=O) groups is 1. The molecule has 6 aromatic rings. The first kappa shape index (κ1) is 32.8. The predicted molar refractivity (Wildman–Crippen MR) is 194 cm³/mol. The molecule has 1 saturated carbocycles. The van der Waals surface area contributed by atoms with Crippen molar-refractivity contribution in [3.05, 3.63) is 105 Å². The summed E-state index contributed by atoms with van der Waals surface area (Å²) in [6.45, 7) is 0.245. The number of aromatic hydroxyl groups is 1. The summed E-state index contributed by atoms with van der Waals surface area (Å²) in [5.74, 6) is 7.21. The van der Waals surface area contributed by atoms with Gasteiger partial charge in [0.2, 0.25) is 5.91 Å². The van der Waals surface area contributed by atoms with Crippen LogP contribution in [0.15, 0.2) is 77.9 Å². The summed E-state index contributed by atoms with van der Waals surface area (Å²) in [5.41, 5.74) is 9.58. The Labute approximate surface area is 293 Å². The van der Waals surface area contributed by atoms with Crippen molar-refractivity contribution in [1.82, 2.24) is 34.6 Å². The van der Waals surface area contributed by atoms with E-state index in [0.29, 0.717) is 74.9 Å². The number of anilines is 1. The number of unbranched alkanes of at least 4 members (excludes halogenated alkanes) is 1. The Hall–Kier alpha value is -5.73. The minimum atomic E-state index is -0.268. The van der Waals surface area contributed by atoms with E-state index in [1.54, 1.807) is 45.6 Å². The van der Waals surface area contributed by atoms with Crippen molar-refractivity contribution >= 4 is 45.3 Å². The lowest BCUT2D eigenvalue weighted by Crippen LogP contribution is -2.32. The van der Waals surface area contributed by atoms with Gasteiger partial charge in [-0.2, -0.15) is 5.10 Å². The fourth-order valence-corrected chi connectivity index (χ4v) is 6.65. The van der Waals surface area contributed by atoms with Crippen LogP contribution in [0.2, 0.25) is 5.02 Å². The number of hydrogen-bond acceptors (Lipinski definition) is 8. The summed E-state index contributed by atoms with van der Waals surface area (Å²) in [6.07, 6.45) is 7.39. The maximum Gasteiger partial charge on any atom is 0.263 e. The molecule has 4 N–H and O–H groups in total. The van der Waals surface area contributed by atoms with Crippen LogP contribution in [0.1, 0.15) is 61.9 Å². The van der Waals surface area contributed by atoms with Gasteiger partial charge in [-0.25, -0.2) is 19.6 Å². The largest absolute Gasteiger partial charge is 0.508 e. The summed E-state index contributed by atoms with van der Waals surface area (Å²) in [7, 11) is 0. The molecule has 3 heterocycles. The van der Waals surface area contributed by atoms with E-state index in [-0.39, 0.29) is 36.1 Å². The van der Waals surface area contributed by atoms with Gasteiger partial charge >= 0.3 is 0 Å². The molecule has 11 nitrogen and oxygen atoms in total. The summed E-state index contributed by atoms with van der Waals surface area (Å²) >= 11 is 6.58. The summed E-state index contributed by atoms with van der Waals surface area (Å²) in [4.78, 5) is 40.5. The molecular formula is C38H35ClN8O3. The van der Waals surface area contributed by atoms with E-state index in [4.69, 9.17) is 27.4 Å². The first-order chi connectivity index (χ1) is 24.4. The van der Waals surface area contributed by atoms with Crippen LogP contribution >= 0.6 is 11.6 Å². The zero-order valence-corrected chi connectivity index (χ0v) is 28.0. The highest BCUT2D eigenvalue weighted by atomic mass is 35.5. The number of nitrogen functional groups attached to an aromatic ring is 1. The first-order valence-electron chi connectivity index (χ1n) is 16.7. The van der Waals surface area contributed by atoms with Crippen LogP contribution in [-0.4, -0.2) is 46.4 Å². The molecule has 50 heavy (non-hydrogen) atoms. The number of fused-ring (bicyclic) bond motifs is 2. The minimum Gasteiger partial charge on any atom is -0.508 e. The Morgan fingerprint density at radius 2 is 1.80 bits per heavy atom. The molecule has 0 bridgehead atoms. The molecule has 252 valence electrons. The second-order valence-electron chi connectivity index (χ2n) is 12.4. The number of carbonyl (C=O) groups excluding carboxylic acids is 1. The van der Waals surface area contributed by atoms with Crippen molar-refractivity contribution in [3.63, 3.8) is 0 Å². The number of nitrogens with one attached hydrogen (secondary N) is 1. The van der Waals surface area contributed by atoms with Gasteiger partial charge in [-0.1, -0.05) is 60.5 Å². The summed E-state index contributed by atoms with van der Waals surface area (Å²) in [5, 5.41) is 19.3. The topological polar surface area (TPSA) is 154 Å². The molecule has 7 rings (SSSR count). The van der Waals surface area contributed by atoms with E-state index in [2.05, 4.69) is 27.1 Å². The highest BCUT2D eigenvalue weighted by Gasteiger charge is 2.21. The second-order valence-corrected chi connectivity index (χ2v) is 12.8. The van der Waals surface area contributed by atoms with E-state index in [1.165, 1.54) is 19.2 Å². The fraction of sp³-hybridized carbons (Fsp3) is 0.263. The quantitative estimate of drug-likeness (QED) is 0.127. The molecule has 0 atom stereocenters. The van der Waals surface area contributed by atoms with Gasteiger partial charge in [0.15, 0.2) is 5.65 Å². The lowest BCUT2D eigenvalue weighted by atomic mass is 10.1. The highest BCUT2D eigenvalue weighted by molar-refractivity contribution is 6.31. The fourth-order valence-electron chi connectivity index (χ4n) is 6.46. The summed E-state index contributed by atoms with van der Waals surface area (Å²) in [6, 6.07) is 19.7.